The number of unbranched alkanes of at least 4 members (excludes halogenated alkanes) is 3. The zero-order valence-electron chi connectivity index (χ0n) is 18.6. The van der Waals surface area contributed by atoms with Crippen molar-refractivity contribution in [1.82, 2.24) is 0 Å². The van der Waals surface area contributed by atoms with Crippen LogP contribution in [0.3, 0.4) is 0 Å². The summed E-state index contributed by atoms with van der Waals surface area (Å²) in [4.78, 5) is 34.1. The van der Waals surface area contributed by atoms with Gasteiger partial charge in [0, 0.05) is 12.5 Å². The number of rotatable bonds is 14. The molecule has 2 rings (SSSR count). The maximum Gasteiger partial charge on any atom is 0.330 e. The number of hydrogen-bond acceptors (Lipinski definition) is 6. The Kier molecular flexibility index (Phi) is 11.3. The average Bonchev–Trinajstić information content (AvgIpc) is 2.81. The van der Waals surface area contributed by atoms with Gasteiger partial charge >= 0.3 is 17.9 Å². The highest BCUT2D eigenvalue weighted by molar-refractivity contribution is 5.81. The van der Waals surface area contributed by atoms with Gasteiger partial charge in [-0.05, 0) is 69.1 Å². The van der Waals surface area contributed by atoms with Crippen molar-refractivity contribution >= 4 is 17.9 Å². The van der Waals surface area contributed by atoms with Crippen molar-refractivity contribution < 1.29 is 33.7 Å². The number of carbonyl (C=O) groups is 3. The number of carboxylic acid groups (broad SMARTS) is 1. The summed E-state index contributed by atoms with van der Waals surface area (Å²) in [5, 5.41) is 9.03. The molecule has 1 aliphatic rings. The Morgan fingerprint density at radius 3 is 2.12 bits per heavy atom. The van der Waals surface area contributed by atoms with Crippen molar-refractivity contribution in [1.29, 1.82) is 0 Å². The van der Waals surface area contributed by atoms with E-state index in [4.69, 9.17) is 19.3 Å². The van der Waals surface area contributed by atoms with Crippen molar-refractivity contribution in [2.24, 2.45) is 11.8 Å². The van der Waals surface area contributed by atoms with Crippen LogP contribution in [-0.2, 0) is 30.3 Å². The van der Waals surface area contributed by atoms with E-state index in [1.807, 2.05) is 24.3 Å². The molecule has 176 valence electrons. The van der Waals surface area contributed by atoms with E-state index in [2.05, 4.69) is 6.58 Å². The second-order valence-electron chi connectivity index (χ2n) is 8.08. The van der Waals surface area contributed by atoms with Crippen LogP contribution >= 0.6 is 0 Å². The molecule has 0 aliphatic heterocycles. The predicted octanol–water partition coefficient (Wildman–Crippen LogP) is 4.33. The van der Waals surface area contributed by atoms with Crippen LogP contribution < -0.4 is 4.74 Å². The smallest absolute Gasteiger partial charge is 0.330 e. The third-order valence-electron chi connectivity index (χ3n) is 5.69. The molecule has 1 aromatic rings. The average molecular weight is 447 g/mol. The Morgan fingerprint density at radius 1 is 0.875 bits per heavy atom. The van der Waals surface area contributed by atoms with Gasteiger partial charge in [-0.25, -0.2) is 4.79 Å². The van der Waals surface area contributed by atoms with Gasteiger partial charge in [0.25, 0.3) is 0 Å². The molecule has 0 bridgehead atoms. The molecule has 0 amide bonds. The van der Waals surface area contributed by atoms with E-state index in [9.17, 15) is 14.4 Å². The first kappa shape index (κ1) is 25.4. The molecule has 0 atom stereocenters. The van der Waals surface area contributed by atoms with Crippen molar-refractivity contribution in [3.63, 3.8) is 0 Å². The van der Waals surface area contributed by atoms with E-state index in [1.165, 1.54) is 6.08 Å². The molecule has 1 N–H and O–H groups in total. The predicted molar refractivity (Wildman–Crippen MR) is 119 cm³/mol. The van der Waals surface area contributed by atoms with Crippen LogP contribution in [-0.4, -0.2) is 42.8 Å². The maximum absolute atomic E-state index is 12.2. The summed E-state index contributed by atoms with van der Waals surface area (Å²) in [6.07, 6.45) is 7.82. The molecule has 0 radical (unpaired) electrons. The third-order valence-corrected chi connectivity index (χ3v) is 5.69. The zero-order valence-corrected chi connectivity index (χ0v) is 18.6. The van der Waals surface area contributed by atoms with Crippen LogP contribution in [0.5, 0.6) is 5.75 Å². The summed E-state index contributed by atoms with van der Waals surface area (Å²) in [5.41, 5.74) is 1.06. The van der Waals surface area contributed by atoms with Crippen molar-refractivity contribution in [3.05, 3.63) is 42.5 Å². The number of esters is 2. The Hall–Kier alpha value is -2.83. The fraction of sp³-hybridized carbons (Fsp3) is 0.560. The van der Waals surface area contributed by atoms with Crippen LogP contribution in [0.4, 0.5) is 0 Å². The minimum absolute atomic E-state index is 0.177. The van der Waals surface area contributed by atoms with E-state index >= 15 is 0 Å². The van der Waals surface area contributed by atoms with Gasteiger partial charge in [-0.1, -0.05) is 18.7 Å². The molecule has 1 aromatic carbocycles. The molecule has 0 unspecified atom stereocenters. The maximum atomic E-state index is 12.2. The molecule has 7 heteroatoms. The summed E-state index contributed by atoms with van der Waals surface area (Å²) < 4.78 is 16.1. The second kappa shape index (κ2) is 14.3. The lowest BCUT2D eigenvalue weighted by molar-refractivity contribution is -0.152. The molecular weight excluding hydrogens is 412 g/mol. The van der Waals surface area contributed by atoms with Gasteiger partial charge < -0.3 is 19.3 Å². The molecule has 0 saturated heterocycles. The monoisotopic (exact) mass is 446 g/mol. The highest BCUT2D eigenvalue weighted by Crippen LogP contribution is 2.29. The lowest BCUT2D eigenvalue weighted by Gasteiger charge is -2.24. The highest BCUT2D eigenvalue weighted by Gasteiger charge is 2.30. The van der Waals surface area contributed by atoms with Crippen molar-refractivity contribution in [2.75, 3.05) is 19.8 Å². The van der Waals surface area contributed by atoms with E-state index in [0.717, 1.165) is 37.0 Å². The second-order valence-corrected chi connectivity index (χ2v) is 8.08. The number of carbonyl (C=O) groups excluding carboxylic acids is 2. The summed E-state index contributed by atoms with van der Waals surface area (Å²) in [5.74, 6) is -1.06. The zero-order chi connectivity index (χ0) is 23.2. The van der Waals surface area contributed by atoms with Gasteiger partial charge in [0.05, 0.1) is 31.7 Å². The van der Waals surface area contributed by atoms with Gasteiger partial charge in [-0.15, -0.1) is 0 Å². The fourth-order valence-electron chi connectivity index (χ4n) is 3.70. The van der Waals surface area contributed by atoms with E-state index in [1.54, 1.807) is 0 Å². The molecular formula is C25H34O7. The van der Waals surface area contributed by atoms with Gasteiger partial charge in [0.1, 0.15) is 5.75 Å². The standard InChI is InChI=1S/C25H34O7/c1-2-23(26)31-17-6-4-3-5-16-30-22-13-7-19(8-14-22)15-18-32-25(29)21-11-9-20(10-12-21)24(27)28/h2,7-8,13-14,20-21H,1,3-6,9-12,15-18H2,(H,27,28). The lowest BCUT2D eigenvalue weighted by Crippen LogP contribution is -2.27. The Bertz CT molecular complexity index is 733. The van der Waals surface area contributed by atoms with Crippen LogP contribution in [0, 0.1) is 11.8 Å². The molecule has 0 aromatic heterocycles. The van der Waals surface area contributed by atoms with E-state index < -0.39 is 5.97 Å². The number of hydrogen-bond donors (Lipinski definition) is 1. The van der Waals surface area contributed by atoms with Gasteiger partial charge in [-0.3, -0.25) is 9.59 Å². The first-order valence-electron chi connectivity index (χ1n) is 11.4. The molecule has 32 heavy (non-hydrogen) atoms. The molecule has 0 spiro atoms. The minimum Gasteiger partial charge on any atom is -0.494 e. The molecule has 7 nitrogen and oxygen atoms in total. The Labute approximate surface area is 189 Å². The summed E-state index contributed by atoms with van der Waals surface area (Å²) in [6, 6.07) is 7.77. The lowest BCUT2D eigenvalue weighted by atomic mass is 9.82. The summed E-state index contributed by atoms with van der Waals surface area (Å²) >= 11 is 0. The molecule has 1 fully saturated rings. The highest BCUT2D eigenvalue weighted by atomic mass is 16.5. The van der Waals surface area contributed by atoms with Gasteiger partial charge in [0.2, 0.25) is 0 Å². The summed E-state index contributed by atoms with van der Waals surface area (Å²) in [7, 11) is 0. The van der Waals surface area contributed by atoms with Gasteiger partial charge in [-0.2, -0.15) is 0 Å². The van der Waals surface area contributed by atoms with Gasteiger partial charge in [0.15, 0.2) is 0 Å². The minimum atomic E-state index is -0.770. The largest absolute Gasteiger partial charge is 0.494 e. The third kappa shape index (κ3) is 9.54. The first-order valence-corrected chi connectivity index (χ1v) is 11.4. The molecule has 1 saturated carbocycles. The molecule has 1 aliphatic carbocycles. The van der Waals surface area contributed by atoms with Crippen LogP contribution in [0.25, 0.3) is 0 Å². The SMILES string of the molecule is C=CC(=O)OCCCCCCOc1ccc(CCOC(=O)C2CCC(C(=O)O)CC2)cc1. The Balaban J connectivity index is 1.53. The van der Waals surface area contributed by atoms with Crippen LogP contribution in [0.2, 0.25) is 0 Å². The first-order chi connectivity index (χ1) is 15.5. The number of benzene rings is 1. The normalized spacial score (nSPS) is 17.9. The van der Waals surface area contributed by atoms with Crippen LogP contribution in [0.1, 0.15) is 56.9 Å². The summed E-state index contributed by atoms with van der Waals surface area (Å²) in [6.45, 7) is 4.73. The number of carboxylic acids is 1. The fourth-order valence-corrected chi connectivity index (χ4v) is 3.70. The van der Waals surface area contributed by atoms with E-state index in [0.29, 0.717) is 51.9 Å². The number of ether oxygens (including phenoxy) is 3. The topological polar surface area (TPSA) is 99.1 Å². The van der Waals surface area contributed by atoms with Crippen molar-refractivity contribution in [2.45, 2.75) is 57.8 Å². The number of aliphatic carboxylic acids is 1. The quantitative estimate of drug-likeness (QED) is 0.258. The molecule has 0 heterocycles. The van der Waals surface area contributed by atoms with Crippen LogP contribution in [0.15, 0.2) is 36.9 Å². The van der Waals surface area contributed by atoms with Crippen molar-refractivity contribution in [3.8, 4) is 5.75 Å². The Morgan fingerprint density at radius 2 is 1.50 bits per heavy atom. The van der Waals surface area contributed by atoms with E-state index in [-0.39, 0.29) is 23.8 Å².